The van der Waals surface area contributed by atoms with Gasteiger partial charge in [-0.05, 0) is 11.8 Å². The van der Waals surface area contributed by atoms with Crippen molar-refractivity contribution in [3.8, 4) is 0 Å². The Morgan fingerprint density at radius 2 is 2.08 bits per heavy atom. The Balaban J connectivity index is 2.26. The largest absolute Gasteiger partial charge is 0.321 e. The van der Waals surface area contributed by atoms with Crippen LogP contribution in [0.4, 0.5) is 0 Å². The summed E-state index contributed by atoms with van der Waals surface area (Å²) >= 11 is 0. The van der Waals surface area contributed by atoms with E-state index >= 15 is 0 Å². The highest BCUT2D eigenvalue weighted by Crippen LogP contribution is 2.30. The summed E-state index contributed by atoms with van der Waals surface area (Å²) < 4.78 is 0. The fourth-order valence-electron chi connectivity index (χ4n) is 1.49. The summed E-state index contributed by atoms with van der Waals surface area (Å²) in [6.07, 6.45) is 4.49. The maximum absolute atomic E-state index is 11.5. The third kappa shape index (κ3) is 2.31. The monoisotopic (exact) mass is 169 g/mol. The maximum Gasteiger partial charge on any atom is 0.150 e. The van der Waals surface area contributed by atoms with Crippen LogP contribution in [0.3, 0.4) is 0 Å². The zero-order valence-corrected chi connectivity index (χ0v) is 8.05. The molecule has 2 heteroatoms. The van der Waals surface area contributed by atoms with Gasteiger partial charge in [0.05, 0.1) is 6.04 Å². The minimum absolute atomic E-state index is 0.231. The number of carbonyl (C=O) groups is 1. The molecule has 1 atom stereocenters. The van der Waals surface area contributed by atoms with E-state index in [0.717, 1.165) is 6.42 Å². The summed E-state index contributed by atoms with van der Waals surface area (Å²) in [5, 5.41) is 0. The minimum Gasteiger partial charge on any atom is -0.321 e. The van der Waals surface area contributed by atoms with Gasteiger partial charge in [0.2, 0.25) is 0 Å². The number of hydrogen-bond donors (Lipinski definition) is 1. The first-order valence-corrected chi connectivity index (χ1v) is 4.89. The molecule has 0 aromatic carbocycles. The fourth-order valence-corrected chi connectivity index (χ4v) is 1.49. The van der Waals surface area contributed by atoms with Crippen LogP contribution in [0.1, 0.15) is 39.5 Å². The molecule has 1 rings (SSSR count). The molecule has 1 aliphatic carbocycles. The summed E-state index contributed by atoms with van der Waals surface area (Å²) in [5.74, 6) is 1.20. The van der Waals surface area contributed by atoms with Gasteiger partial charge < -0.3 is 5.73 Å². The predicted molar refractivity (Wildman–Crippen MR) is 49.8 cm³/mol. The first-order chi connectivity index (χ1) is 5.61. The van der Waals surface area contributed by atoms with Crippen LogP contribution in [0.15, 0.2) is 0 Å². The lowest BCUT2D eigenvalue weighted by Crippen LogP contribution is -2.37. The second-order valence-corrected chi connectivity index (χ2v) is 4.24. The Labute approximate surface area is 74.5 Å². The molecule has 0 saturated heterocycles. The van der Waals surface area contributed by atoms with E-state index < -0.39 is 0 Å². The van der Waals surface area contributed by atoms with E-state index in [4.69, 9.17) is 5.73 Å². The van der Waals surface area contributed by atoms with Gasteiger partial charge in [-0.3, -0.25) is 4.79 Å². The predicted octanol–water partition coefficient (Wildman–Crippen LogP) is 1.73. The molecule has 0 aliphatic heterocycles. The molecule has 1 saturated carbocycles. The van der Waals surface area contributed by atoms with Crippen LogP contribution in [0.2, 0.25) is 0 Å². The van der Waals surface area contributed by atoms with E-state index in [-0.39, 0.29) is 17.7 Å². The van der Waals surface area contributed by atoms with Gasteiger partial charge in [0.15, 0.2) is 0 Å². The van der Waals surface area contributed by atoms with Crippen molar-refractivity contribution in [1.29, 1.82) is 0 Å². The summed E-state index contributed by atoms with van der Waals surface area (Å²) in [5.41, 5.74) is 5.74. The number of hydrogen-bond acceptors (Lipinski definition) is 2. The van der Waals surface area contributed by atoms with Crippen LogP contribution in [0.5, 0.6) is 0 Å². The lowest BCUT2D eigenvalue weighted by molar-refractivity contribution is -0.122. The second-order valence-electron chi connectivity index (χ2n) is 4.24. The molecular formula is C10H19NO. The molecule has 0 heterocycles. The van der Waals surface area contributed by atoms with Crippen LogP contribution in [0, 0.1) is 11.8 Å². The van der Waals surface area contributed by atoms with Gasteiger partial charge in [0.25, 0.3) is 0 Å². The highest BCUT2D eigenvalue weighted by atomic mass is 16.1. The molecule has 1 unspecified atom stereocenters. The summed E-state index contributed by atoms with van der Waals surface area (Å²) in [6.45, 7) is 4.01. The van der Waals surface area contributed by atoms with Crippen LogP contribution in [-0.2, 0) is 4.79 Å². The van der Waals surface area contributed by atoms with E-state index in [9.17, 15) is 4.79 Å². The quantitative estimate of drug-likeness (QED) is 0.696. The molecular weight excluding hydrogens is 150 g/mol. The molecule has 0 aromatic rings. The van der Waals surface area contributed by atoms with Gasteiger partial charge in [0, 0.05) is 6.42 Å². The van der Waals surface area contributed by atoms with E-state index in [2.05, 4.69) is 0 Å². The highest BCUT2D eigenvalue weighted by molar-refractivity contribution is 5.84. The minimum atomic E-state index is -0.231. The van der Waals surface area contributed by atoms with E-state index in [1.165, 1.54) is 19.3 Å². The molecule has 0 spiro atoms. The van der Waals surface area contributed by atoms with Crippen molar-refractivity contribution in [3.05, 3.63) is 0 Å². The second kappa shape index (κ2) is 4.04. The SMILES string of the molecule is CC(C)C(N)C(=O)CC1CCC1. The van der Waals surface area contributed by atoms with Crippen LogP contribution < -0.4 is 5.73 Å². The summed E-state index contributed by atoms with van der Waals surface area (Å²) in [6, 6.07) is -0.231. The molecule has 2 N–H and O–H groups in total. The lowest BCUT2D eigenvalue weighted by Gasteiger charge is -2.26. The molecule has 1 fully saturated rings. The number of nitrogens with two attached hydrogens (primary N) is 1. The molecule has 1 aliphatic rings. The highest BCUT2D eigenvalue weighted by Gasteiger charge is 2.24. The van der Waals surface area contributed by atoms with E-state index in [0.29, 0.717) is 5.92 Å². The van der Waals surface area contributed by atoms with Crippen LogP contribution >= 0.6 is 0 Å². The number of rotatable bonds is 4. The van der Waals surface area contributed by atoms with Gasteiger partial charge in [-0.2, -0.15) is 0 Å². The Hall–Kier alpha value is -0.370. The van der Waals surface area contributed by atoms with E-state index in [1.54, 1.807) is 0 Å². The van der Waals surface area contributed by atoms with Gasteiger partial charge in [-0.1, -0.05) is 33.1 Å². The summed E-state index contributed by atoms with van der Waals surface area (Å²) in [7, 11) is 0. The van der Waals surface area contributed by atoms with Crippen molar-refractivity contribution in [1.82, 2.24) is 0 Å². The summed E-state index contributed by atoms with van der Waals surface area (Å²) in [4.78, 5) is 11.5. The Bertz CT molecular complexity index is 161. The molecule has 70 valence electrons. The number of carbonyl (C=O) groups excluding carboxylic acids is 1. The maximum atomic E-state index is 11.5. The third-order valence-electron chi connectivity index (χ3n) is 2.80. The van der Waals surface area contributed by atoms with Crippen molar-refractivity contribution in [2.75, 3.05) is 0 Å². The number of ketones is 1. The Morgan fingerprint density at radius 1 is 1.50 bits per heavy atom. The molecule has 0 aromatic heterocycles. The topological polar surface area (TPSA) is 43.1 Å². The van der Waals surface area contributed by atoms with Gasteiger partial charge in [0.1, 0.15) is 5.78 Å². The average Bonchev–Trinajstić information content (AvgIpc) is 1.94. The average molecular weight is 169 g/mol. The molecule has 12 heavy (non-hydrogen) atoms. The van der Waals surface area contributed by atoms with Crippen molar-refractivity contribution in [2.45, 2.75) is 45.6 Å². The normalized spacial score (nSPS) is 20.7. The zero-order chi connectivity index (χ0) is 9.14. The lowest BCUT2D eigenvalue weighted by atomic mass is 9.80. The fraction of sp³-hybridized carbons (Fsp3) is 0.900. The molecule has 2 nitrogen and oxygen atoms in total. The Morgan fingerprint density at radius 3 is 2.42 bits per heavy atom. The van der Waals surface area contributed by atoms with Crippen LogP contribution in [-0.4, -0.2) is 11.8 Å². The standard InChI is InChI=1S/C10H19NO/c1-7(2)10(11)9(12)6-8-4-3-5-8/h7-8,10H,3-6,11H2,1-2H3. The molecule has 0 amide bonds. The number of Topliss-reactive ketones (excluding diaryl/α,β-unsaturated/α-hetero) is 1. The first kappa shape index (κ1) is 9.72. The third-order valence-corrected chi connectivity index (χ3v) is 2.80. The van der Waals surface area contributed by atoms with Gasteiger partial charge in [-0.25, -0.2) is 0 Å². The van der Waals surface area contributed by atoms with Crippen LogP contribution in [0.25, 0.3) is 0 Å². The smallest absolute Gasteiger partial charge is 0.150 e. The molecule has 0 bridgehead atoms. The first-order valence-electron chi connectivity index (χ1n) is 4.89. The van der Waals surface area contributed by atoms with Crippen molar-refractivity contribution >= 4 is 5.78 Å². The van der Waals surface area contributed by atoms with Crippen molar-refractivity contribution in [2.24, 2.45) is 17.6 Å². The van der Waals surface area contributed by atoms with E-state index in [1.807, 2.05) is 13.8 Å². The van der Waals surface area contributed by atoms with Crippen molar-refractivity contribution < 1.29 is 4.79 Å². The van der Waals surface area contributed by atoms with Gasteiger partial charge in [-0.15, -0.1) is 0 Å². The molecule has 0 radical (unpaired) electrons. The van der Waals surface area contributed by atoms with Crippen molar-refractivity contribution in [3.63, 3.8) is 0 Å². The Kier molecular flexibility index (Phi) is 3.27. The van der Waals surface area contributed by atoms with Gasteiger partial charge >= 0.3 is 0 Å². The zero-order valence-electron chi connectivity index (χ0n) is 8.05.